The lowest BCUT2D eigenvalue weighted by atomic mass is 9.94. The number of hydrogen-bond acceptors (Lipinski definition) is 6. The Morgan fingerprint density at radius 3 is 2.06 bits per heavy atom. The maximum atomic E-state index is 12.1. The maximum Gasteiger partial charge on any atom is 0.409 e. The van der Waals surface area contributed by atoms with Gasteiger partial charge in [-0.15, -0.1) is 0 Å². The average Bonchev–Trinajstić information content (AvgIpc) is 2.74. The zero-order chi connectivity index (χ0) is 22.4. The Kier molecular flexibility index (Phi) is 8.22. The van der Waals surface area contributed by atoms with E-state index in [2.05, 4.69) is 0 Å². The minimum Gasteiger partial charge on any atom is -0.490 e. The molecule has 1 heterocycles. The fourth-order valence-corrected chi connectivity index (χ4v) is 4.65. The molecule has 1 aromatic rings. The zero-order valence-electron chi connectivity index (χ0n) is 18.8. The summed E-state index contributed by atoms with van der Waals surface area (Å²) in [6.45, 7) is 5.89. The van der Waals surface area contributed by atoms with E-state index in [0.29, 0.717) is 36.3 Å². The van der Waals surface area contributed by atoms with E-state index in [0.717, 1.165) is 38.5 Å². The predicted octanol–water partition coefficient (Wildman–Crippen LogP) is 4.05. The highest BCUT2D eigenvalue weighted by Crippen LogP contribution is 2.28. The Morgan fingerprint density at radius 1 is 0.968 bits per heavy atom. The molecule has 0 unspecified atom stereocenters. The summed E-state index contributed by atoms with van der Waals surface area (Å²) >= 11 is 0. The summed E-state index contributed by atoms with van der Waals surface area (Å²) in [4.78, 5) is 14.2. The molecule has 8 heteroatoms. The largest absolute Gasteiger partial charge is 0.490 e. The Hall–Kier alpha value is -1.80. The van der Waals surface area contributed by atoms with Gasteiger partial charge in [-0.05, 0) is 68.7 Å². The third-order valence-corrected chi connectivity index (χ3v) is 6.93. The molecule has 0 atom stereocenters. The summed E-state index contributed by atoms with van der Waals surface area (Å²) < 4.78 is 40.8. The molecule has 31 heavy (non-hydrogen) atoms. The fraction of sp³-hybridized carbons (Fsp3) is 0.696. The molecule has 2 fully saturated rings. The first-order valence-corrected chi connectivity index (χ1v) is 13.1. The Balaban J connectivity index is 1.36. The highest BCUT2D eigenvalue weighted by Gasteiger charge is 2.29. The van der Waals surface area contributed by atoms with Crippen LogP contribution in [0.25, 0.3) is 0 Å². The van der Waals surface area contributed by atoms with E-state index in [4.69, 9.17) is 14.2 Å². The van der Waals surface area contributed by atoms with Crippen LogP contribution in [0, 0.1) is 5.92 Å². The van der Waals surface area contributed by atoms with Crippen LogP contribution in [0.4, 0.5) is 4.79 Å². The molecule has 2 aliphatic rings. The summed E-state index contributed by atoms with van der Waals surface area (Å²) in [5, 5.41) is 0. The highest BCUT2D eigenvalue weighted by atomic mass is 32.2. The van der Waals surface area contributed by atoms with Gasteiger partial charge in [-0.25, -0.2) is 13.2 Å². The van der Waals surface area contributed by atoms with Crippen LogP contribution in [-0.4, -0.2) is 63.7 Å². The first-order chi connectivity index (χ1) is 14.7. The molecule has 1 aliphatic carbocycles. The number of piperidine rings is 1. The molecule has 1 amide bonds. The van der Waals surface area contributed by atoms with Gasteiger partial charge in [-0.2, -0.15) is 0 Å². The first-order valence-electron chi connectivity index (χ1n) is 11.2. The van der Waals surface area contributed by atoms with Crippen molar-refractivity contribution in [3.05, 3.63) is 24.3 Å². The average molecular weight is 454 g/mol. The van der Waals surface area contributed by atoms with Crippen molar-refractivity contribution in [2.24, 2.45) is 5.92 Å². The quantitative estimate of drug-likeness (QED) is 0.619. The minimum atomic E-state index is -3.19. The molecule has 0 N–H and O–H groups in total. The second kappa shape index (κ2) is 10.7. The Morgan fingerprint density at radius 2 is 1.52 bits per heavy atom. The van der Waals surface area contributed by atoms with Gasteiger partial charge < -0.3 is 19.1 Å². The second-order valence-electron chi connectivity index (χ2n) is 9.05. The van der Waals surface area contributed by atoms with Crippen molar-refractivity contribution in [3.63, 3.8) is 0 Å². The van der Waals surface area contributed by atoms with Crippen LogP contribution in [0.2, 0.25) is 0 Å². The second-order valence-corrected chi connectivity index (χ2v) is 11.1. The number of likely N-dealkylation sites (tertiary alicyclic amines) is 1. The van der Waals surface area contributed by atoms with Gasteiger partial charge in [0.05, 0.1) is 29.8 Å². The lowest BCUT2D eigenvalue weighted by Crippen LogP contribution is -2.43. The van der Waals surface area contributed by atoms with Crippen molar-refractivity contribution in [2.45, 2.75) is 75.6 Å². The van der Waals surface area contributed by atoms with E-state index < -0.39 is 9.84 Å². The number of sulfone groups is 1. The number of carbonyl (C=O) groups is 1. The molecule has 1 saturated carbocycles. The Labute approximate surface area is 186 Å². The van der Waals surface area contributed by atoms with Gasteiger partial charge in [0.25, 0.3) is 0 Å². The number of amides is 1. The molecule has 3 rings (SSSR count). The van der Waals surface area contributed by atoms with E-state index in [-0.39, 0.29) is 24.4 Å². The van der Waals surface area contributed by atoms with Crippen LogP contribution in [-0.2, 0) is 19.3 Å². The van der Waals surface area contributed by atoms with Crippen LogP contribution in [0.3, 0.4) is 0 Å². The number of carbonyl (C=O) groups excluding carboxylic acids is 1. The zero-order valence-corrected chi connectivity index (χ0v) is 19.6. The molecule has 0 radical (unpaired) electrons. The molecule has 1 aromatic carbocycles. The molecule has 1 saturated heterocycles. The van der Waals surface area contributed by atoms with E-state index in [9.17, 15) is 13.2 Å². The molecule has 7 nitrogen and oxygen atoms in total. The Bertz CT molecular complexity index is 807. The van der Waals surface area contributed by atoms with Gasteiger partial charge in [-0.1, -0.05) is 13.8 Å². The third kappa shape index (κ3) is 7.38. The normalized spacial score (nSPS) is 23.0. The topological polar surface area (TPSA) is 82.1 Å². The SMILES string of the molecule is CC(C)COC(=O)N1CCC(OC2CCC(Oc3ccc(S(C)(=O)=O)cc3)CC2)CC1. The summed E-state index contributed by atoms with van der Waals surface area (Å²) in [6.07, 6.45) is 6.96. The first kappa shape index (κ1) is 23.9. The molecule has 1 aliphatic heterocycles. The lowest BCUT2D eigenvalue weighted by molar-refractivity contribution is -0.0652. The van der Waals surface area contributed by atoms with Gasteiger partial charge >= 0.3 is 6.09 Å². The van der Waals surface area contributed by atoms with E-state index in [1.807, 2.05) is 13.8 Å². The number of hydrogen-bond donors (Lipinski definition) is 0. The molecule has 174 valence electrons. The van der Waals surface area contributed by atoms with Gasteiger partial charge in [0.2, 0.25) is 0 Å². The van der Waals surface area contributed by atoms with E-state index >= 15 is 0 Å². The molecular weight excluding hydrogens is 418 g/mol. The van der Waals surface area contributed by atoms with Crippen molar-refractivity contribution >= 4 is 15.9 Å². The summed E-state index contributed by atoms with van der Waals surface area (Å²) in [7, 11) is -3.19. The summed E-state index contributed by atoms with van der Waals surface area (Å²) in [5.74, 6) is 1.05. The lowest BCUT2D eigenvalue weighted by Gasteiger charge is -2.35. The standard InChI is InChI=1S/C23H35NO6S/c1-17(2)16-28-23(25)24-14-12-21(13-15-24)30-19-6-4-18(5-7-19)29-20-8-10-22(11-9-20)31(3,26)27/h8-11,17-19,21H,4-7,12-16H2,1-3H3. The van der Waals surface area contributed by atoms with Gasteiger partial charge in [0, 0.05) is 19.3 Å². The molecular formula is C23H35NO6S. The van der Waals surface area contributed by atoms with Crippen LogP contribution in [0.15, 0.2) is 29.2 Å². The van der Waals surface area contributed by atoms with Gasteiger partial charge in [0.15, 0.2) is 9.84 Å². The van der Waals surface area contributed by atoms with Gasteiger partial charge in [-0.3, -0.25) is 0 Å². The van der Waals surface area contributed by atoms with Crippen molar-refractivity contribution < 1.29 is 27.4 Å². The molecule has 0 spiro atoms. The van der Waals surface area contributed by atoms with Crippen LogP contribution in [0.5, 0.6) is 5.75 Å². The van der Waals surface area contributed by atoms with Crippen molar-refractivity contribution in [1.29, 1.82) is 0 Å². The summed E-state index contributed by atoms with van der Waals surface area (Å²) in [6, 6.07) is 6.62. The summed E-state index contributed by atoms with van der Waals surface area (Å²) in [5.41, 5.74) is 0. The smallest absolute Gasteiger partial charge is 0.409 e. The predicted molar refractivity (Wildman–Crippen MR) is 118 cm³/mol. The number of nitrogens with zero attached hydrogens (tertiary/aromatic N) is 1. The minimum absolute atomic E-state index is 0.126. The number of ether oxygens (including phenoxy) is 3. The highest BCUT2D eigenvalue weighted by molar-refractivity contribution is 7.90. The van der Waals surface area contributed by atoms with Crippen molar-refractivity contribution in [3.8, 4) is 5.75 Å². The number of benzene rings is 1. The van der Waals surface area contributed by atoms with Crippen LogP contribution >= 0.6 is 0 Å². The van der Waals surface area contributed by atoms with Gasteiger partial charge in [0.1, 0.15) is 5.75 Å². The third-order valence-electron chi connectivity index (χ3n) is 5.80. The van der Waals surface area contributed by atoms with E-state index in [1.54, 1.807) is 29.2 Å². The molecule has 0 bridgehead atoms. The monoisotopic (exact) mass is 453 g/mol. The maximum absolute atomic E-state index is 12.1. The van der Waals surface area contributed by atoms with E-state index in [1.165, 1.54) is 6.26 Å². The van der Waals surface area contributed by atoms with Crippen molar-refractivity contribution in [2.75, 3.05) is 26.0 Å². The molecule has 0 aromatic heterocycles. The number of rotatable bonds is 7. The van der Waals surface area contributed by atoms with Crippen molar-refractivity contribution in [1.82, 2.24) is 4.90 Å². The van der Waals surface area contributed by atoms with Crippen LogP contribution in [0.1, 0.15) is 52.4 Å². The van der Waals surface area contributed by atoms with Crippen LogP contribution < -0.4 is 4.74 Å². The fourth-order valence-electron chi connectivity index (χ4n) is 4.02.